The van der Waals surface area contributed by atoms with Gasteiger partial charge >= 0.3 is 5.69 Å². The van der Waals surface area contributed by atoms with E-state index in [0.29, 0.717) is 5.82 Å². The lowest BCUT2D eigenvalue weighted by Crippen LogP contribution is -2.29. The number of nitrogens with zero attached hydrogens (tertiary/aromatic N) is 3. The summed E-state index contributed by atoms with van der Waals surface area (Å²) in [5.41, 5.74) is 0.434. The summed E-state index contributed by atoms with van der Waals surface area (Å²) in [6, 6.07) is 6.04. The van der Waals surface area contributed by atoms with E-state index in [9.17, 15) is 17.6 Å². The van der Waals surface area contributed by atoms with Crippen molar-refractivity contribution in [3.63, 3.8) is 0 Å². The average molecular weight is 343 g/mol. The Kier molecular flexibility index (Phi) is 5.00. The summed E-state index contributed by atoms with van der Waals surface area (Å²) in [4.78, 5) is 11.7. The van der Waals surface area contributed by atoms with Crippen molar-refractivity contribution in [1.29, 1.82) is 0 Å². The first kappa shape index (κ1) is 17.4. The summed E-state index contributed by atoms with van der Waals surface area (Å²) in [7, 11) is -2.51. The van der Waals surface area contributed by atoms with Crippen LogP contribution in [0.1, 0.15) is 11.4 Å². The molecule has 2 rings (SSSR count). The fraction of sp³-hybridized carbons (Fsp3) is 0.429. The lowest BCUT2D eigenvalue weighted by atomic mass is 10.2. The van der Waals surface area contributed by atoms with Gasteiger partial charge in [-0.3, -0.25) is 8.75 Å². The van der Waals surface area contributed by atoms with Crippen LogP contribution in [0.25, 0.3) is 0 Å². The van der Waals surface area contributed by atoms with Crippen LogP contribution in [0.3, 0.4) is 0 Å². The zero-order valence-electron chi connectivity index (χ0n) is 13.1. The van der Waals surface area contributed by atoms with Crippen LogP contribution in [0.2, 0.25) is 0 Å². The number of alkyl halides is 1. The molecule has 1 aromatic carbocycles. The first-order chi connectivity index (χ1) is 10.7. The van der Waals surface area contributed by atoms with E-state index >= 15 is 0 Å². The second-order valence-electron chi connectivity index (χ2n) is 5.22. The van der Waals surface area contributed by atoms with Gasteiger partial charge in [0.2, 0.25) is 0 Å². The summed E-state index contributed by atoms with van der Waals surface area (Å²) in [5, 5.41) is 3.88. The highest BCUT2D eigenvalue weighted by Gasteiger charge is 2.20. The maximum atomic E-state index is 13.9. The summed E-state index contributed by atoms with van der Waals surface area (Å²) >= 11 is 0. The molecule has 7 nitrogen and oxygen atoms in total. The molecule has 0 aliphatic rings. The Balaban J connectivity index is 2.00. The van der Waals surface area contributed by atoms with Crippen LogP contribution in [0.5, 0.6) is 0 Å². The molecule has 1 heterocycles. The van der Waals surface area contributed by atoms with Crippen LogP contribution in [0, 0.1) is 13.8 Å². The minimum Gasteiger partial charge on any atom is -0.282 e. The Morgan fingerprint density at radius 1 is 1.26 bits per heavy atom. The Hall–Kier alpha value is -2.00. The van der Waals surface area contributed by atoms with Crippen LogP contribution >= 0.6 is 0 Å². The number of halogens is 1. The lowest BCUT2D eigenvalue weighted by Gasteiger charge is -2.09. The third-order valence-corrected chi connectivity index (χ3v) is 4.64. The Morgan fingerprint density at radius 3 is 2.39 bits per heavy atom. The molecule has 0 spiro atoms. The minimum atomic E-state index is -4.03. The van der Waals surface area contributed by atoms with Crippen LogP contribution < -0.4 is 5.69 Å². The summed E-state index contributed by atoms with van der Waals surface area (Å²) in [6.45, 7) is 2.38. The van der Waals surface area contributed by atoms with Gasteiger partial charge in [0.1, 0.15) is 12.0 Å². The van der Waals surface area contributed by atoms with Gasteiger partial charge in [-0.05, 0) is 26.0 Å². The molecule has 23 heavy (non-hydrogen) atoms. The van der Waals surface area contributed by atoms with E-state index in [1.165, 1.54) is 23.7 Å². The summed E-state index contributed by atoms with van der Waals surface area (Å²) in [5.74, 6) is 0.440. The van der Waals surface area contributed by atoms with Crippen molar-refractivity contribution in [2.75, 3.05) is 6.61 Å². The van der Waals surface area contributed by atoms with E-state index in [1.54, 1.807) is 19.1 Å². The molecule has 1 atom stereocenters. The maximum absolute atomic E-state index is 13.9. The van der Waals surface area contributed by atoms with Gasteiger partial charge in [0.15, 0.2) is 0 Å². The Labute approximate surface area is 133 Å². The molecule has 0 saturated carbocycles. The number of rotatable bonds is 6. The van der Waals surface area contributed by atoms with Gasteiger partial charge in [-0.15, -0.1) is 0 Å². The third kappa shape index (κ3) is 4.05. The number of aryl methyl sites for hydroxylation is 2. The van der Waals surface area contributed by atoms with Crippen molar-refractivity contribution >= 4 is 10.1 Å². The van der Waals surface area contributed by atoms with E-state index in [-0.39, 0.29) is 11.4 Å². The van der Waals surface area contributed by atoms with Gasteiger partial charge in [-0.1, -0.05) is 17.7 Å². The Bertz CT molecular complexity index is 840. The highest BCUT2D eigenvalue weighted by atomic mass is 32.2. The second-order valence-corrected chi connectivity index (χ2v) is 6.84. The molecule has 0 bridgehead atoms. The van der Waals surface area contributed by atoms with Crippen molar-refractivity contribution in [2.45, 2.75) is 31.5 Å². The minimum absolute atomic E-state index is 0.0406. The predicted octanol–water partition coefficient (Wildman–Crippen LogP) is 0.942. The molecule has 0 saturated heterocycles. The van der Waals surface area contributed by atoms with E-state index in [1.807, 2.05) is 6.92 Å². The molecule has 126 valence electrons. The molecule has 1 aromatic heterocycles. The fourth-order valence-electron chi connectivity index (χ4n) is 1.89. The SMILES string of the molecule is Cc1ccc(S(=O)(=O)OC[C@H](F)Cn2nc(C)n(C)c2=O)cc1. The van der Waals surface area contributed by atoms with E-state index in [2.05, 4.69) is 5.10 Å². The molecular weight excluding hydrogens is 325 g/mol. The standard InChI is InChI=1S/C14H18FN3O4S/c1-10-4-6-13(7-5-10)23(20,21)22-9-12(15)8-18-14(19)17(3)11(2)16-18/h4-7,12H,8-9H2,1-3H3/t12-/m1/s1. The van der Waals surface area contributed by atoms with Crippen LogP contribution in [-0.4, -0.2) is 35.5 Å². The lowest BCUT2D eigenvalue weighted by molar-refractivity contribution is 0.177. The molecule has 0 fully saturated rings. The third-order valence-electron chi connectivity index (χ3n) is 3.34. The van der Waals surface area contributed by atoms with E-state index in [0.717, 1.165) is 10.2 Å². The fourth-order valence-corrected chi connectivity index (χ4v) is 2.82. The van der Waals surface area contributed by atoms with Crippen molar-refractivity contribution in [2.24, 2.45) is 7.05 Å². The zero-order valence-corrected chi connectivity index (χ0v) is 13.9. The van der Waals surface area contributed by atoms with Crippen LogP contribution in [0.4, 0.5) is 4.39 Å². The molecule has 9 heteroatoms. The van der Waals surface area contributed by atoms with Crippen LogP contribution in [0.15, 0.2) is 34.0 Å². The average Bonchev–Trinajstić information content (AvgIpc) is 2.73. The topological polar surface area (TPSA) is 83.2 Å². The summed E-state index contributed by atoms with van der Waals surface area (Å²) < 4.78 is 44.8. The molecule has 0 amide bonds. The van der Waals surface area contributed by atoms with Gasteiger partial charge in [0.25, 0.3) is 10.1 Å². The number of hydrogen-bond acceptors (Lipinski definition) is 5. The van der Waals surface area contributed by atoms with Gasteiger partial charge in [-0.25, -0.2) is 13.9 Å². The maximum Gasteiger partial charge on any atom is 0.345 e. The second kappa shape index (κ2) is 6.63. The first-order valence-electron chi connectivity index (χ1n) is 6.91. The molecule has 0 aliphatic heterocycles. The first-order valence-corrected chi connectivity index (χ1v) is 8.32. The smallest absolute Gasteiger partial charge is 0.282 e. The molecule has 2 aromatic rings. The van der Waals surface area contributed by atoms with E-state index in [4.69, 9.17) is 4.18 Å². The van der Waals surface area contributed by atoms with Crippen molar-refractivity contribution in [3.8, 4) is 0 Å². The van der Waals surface area contributed by atoms with Crippen LogP contribution in [-0.2, 0) is 27.9 Å². The largest absolute Gasteiger partial charge is 0.345 e. The van der Waals surface area contributed by atoms with Crippen molar-refractivity contribution in [1.82, 2.24) is 14.3 Å². The van der Waals surface area contributed by atoms with E-state index < -0.39 is 28.6 Å². The van der Waals surface area contributed by atoms with Gasteiger partial charge in [0, 0.05) is 7.05 Å². The number of benzene rings is 1. The molecule has 0 unspecified atom stereocenters. The summed E-state index contributed by atoms with van der Waals surface area (Å²) in [6.07, 6.45) is -1.68. The molecular formula is C14H18FN3O4S. The Morgan fingerprint density at radius 2 is 1.87 bits per heavy atom. The monoisotopic (exact) mass is 343 g/mol. The molecule has 0 aliphatic carbocycles. The number of aromatic nitrogens is 3. The predicted molar refractivity (Wildman–Crippen MR) is 81.4 cm³/mol. The highest BCUT2D eigenvalue weighted by molar-refractivity contribution is 7.86. The quantitative estimate of drug-likeness (QED) is 0.729. The van der Waals surface area contributed by atoms with Gasteiger partial charge in [0.05, 0.1) is 18.0 Å². The normalized spacial score (nSPS) is 13.2. The molecule has 0 N–H and O–H groups in total. The highest BCUT2D eigenvalue weighted by Crippen LogP contribution is 2.14. The van der Waals surface area contributed by atoms with Gasteiger partial charge in [-0.2, -0.15) is 13.5 Å². The zero-order chi connectivity index (χ0) is 17.2. The number of hydrogen-bond donors (Lipinski definition) is 0. The van der Waals surface area contributed by atoms with Gasteiger partial charge < -0.3 is 0 Å². The van der Waals surface area contributed by atoms with Crippen molar-refractivity contribution in [3.05, 3.63) is 46.1 Å². The molecule has 0 radical (unpaired) electrons. The van der Waals surface area contributed by atoms with Crippen molar-refractivity contribution < 1.29 is 17.0 Å².